The predicted octanol–water partition coefficient (Wildman–Crippen LogP) is 6.47. The molecule has 5 heteroatoms. The second kappa shape index (κ2) is 9.68. The molecule has 0 aliphatic heterocycles. The summed E-state index contributed by atoms with van der Waals surface area (Å²) >= 11 is 2.22. The molecule has 28 heavy (non-hydrogen) atoms. The fraction of sp³-hybridized carbons (Fsp3) is 0.174. The van der Waals surface area contributed by atoms with E-state index in [-0.39, 0.29) is 12.4 Å². The Hall–Kier alpha value is -2.41. The molecule has 0 atom stereocenters. The topological polar surface area (TPSA) is 30.8 Å². The van der Waals surface area contributed by atoms with Gasteiger partial charge in [-0.1, -0.05) is 30.3 Å². The standard InChI is InChI=1S/C23H21FINO2/c1-3-27-22-13-18(14-26-21-10-5-4-7-16(21)2)12-20(25)23(22)28-15-17-8-6-9-19(24)11-17/h4-14H,3,15H2,1-2H3. The maximum Gasteiger partial charge on any atom is 0.175 e. The molecule has 0 aliphatic carbocycles. The van der Waals surface area contributed by atoms with Crippen molar-refractivity contribution in [3.05, 3.63) is 86.7 Å². The average Bonchev–Trinajstić information content (AvgIpc) is 2.67. The van der Waals surface area contributed by atoms with E-state index >= 15 is 0 Å². The lowest BCUT2D eigenvalue weighted by Crippen LogP contribution is -2.02. The van der Waals surface area contributed by atoms with Crippen LogP contribution in [0.1, 0.15) is 23.6 Å². The number of nitrogens with zero attached hydrogens (tertiary/aromatic N) is 1. The summed E-state index contributed by atoms with van der Waals surface area (Å²) in [4.78, 5) is 4.58. The minimum atomic E-state index is -0.274. The van der Waals surface area contributed by atoms with E-state index in [9.17, 15) is 4.39 Å². The average molecular weight is 489 g/mol. The van der Waals surface area contributed by atoms with E-state index < -0.39 is 0 Å². The zero-order valence-electron chi connectivity index (χ0n) is 15.8. The van der Waals surface area contributed by atoms with Gasteiger partial charge in [0.1, 0.15) is 12.4 Å². The van der Waals surface area contributed by atoms with Crippen LogP contribution < -0.4 is 9.47 Å². The first-order chi connectivity index (χ1) is 13.6. The molecule has 0 fully saturated rings. The number of halogens is 2. The van der Waals surface area contributed by atoms with Gasteiger partial charge in [0.25, 0.3) is 0 Å². The molecule has 0 heterocycles. The molecule has 3 aromatic carbocycles. The molecule has 0 saturated carbocycles. The van der Waals surface area contributed by atoms with Crippen molar-refractivity contribution < 1.29 is 13.9 Å². The van der Waals surface area contributed by atoms with Gasteiger partial charge in [0.15, 0.2) is 11.5 Å². The molecule has 0 aromatic heterocycles. The first-order valence-corrected chi connectivity index (χ1v) is 10.1. The van der Waals surface area contributed by atoms with Crippen molar-refractivity contribution in [1.82, 2.24) is 0 Å². The monoisotopic (exact) mass is 489 g/mol. The van der Waals surface area contributed by atoms with E-state index in [0.717, 1.165) is 25.9 Å². The van der Waals surface area contributed by atoms with E-state index in [0.29, 0.717) is 18.1 Å². The molecular formula is C23H21FINO2. The van der Waals surface area contributed by atoms with Crippen LogP contribution in [-0.2, 0) is 6.61 Å². The highest BCUT2D eigenvalue weighted by molar-refractivity contribution is 14.1. The summed E-state index contributed by atoms with van der Waals surface area (Å²) in [5.74, 6) is 1.03. The van der Waals surface area contributed by atoms with Gasteiger partial charge in [-0.05, 0) is 83.5 Å². The van der Waals surface area contributed by atoms with Gasteiger partial charge in [-0.15, -0.1) is 0 Å². The summed E-state index contributed by atoms with van der Waals surface area (Å²) in [6, 6.07) is 18.3. The maximum atomic E-state index is 13.4. The first-order valence-electron chi connectivity index (χ1n) is 9.00. The second-order valence-corrected chi connectivity index (χ2v) is 7.39. The zero-order valence-corrected chi connectivity index (χ0v) is 17.9. The van der Waals surface area contributed by atoms with E-state index in [1.54, 1.807) is 6.07 Å². The lowest BCUT2D eigenvalue weighted by molar-refractivity contribution is 0.267. The van der Waals surface area contributed by atoms with Gasteiger partial charge in [-0.3, -0.25) is 4.99 Å². The molecule has 0 aliphatic rings. The van der Waals surface area contributed by atoms with Gasteiger partial charge in [-0.2, -0.15) is 0 Å². The number of para-hydroxylation sites is 1. The predicted molar refractivity (Wildman–Crippen MR) is 119 cm³/mol. The molecule has 144 valence electrons. The van der Waals surface area contributed by atoms with Crippen LogP contribution in [0.25, 0.3) is 0 Å². The van der Waals surface area contributed by atoms with Crippen molar-refractivity contribution in [3.8, 4) is 11.5 Å². The van der Waals surface area contributed by atoms with Crippen LogP contribution in [0.15, 0.2) is 65.7 Å². The quantitative estimate of drug-likeness (QED) is 0.282. The third-order valence-corrected chi connectivity index (χ3v) is 4.87. The Balaban J connectivity index is 1.84. The molecule has 3 aromatic rings. The maximum absolute atomic E-state index is 13.4. The van der Waals surface area contributed by atoms with Crippen LogP contribution in [0.4, 0.5) is 10.1 Å². The summed E-state index contributed by atoms with van der Waals surface area (Å²) < 4.78 is 26.0. The number of ether oxygens (including phenoxy) is 2. The van der Waals surface area contributed by atoms with Gasteiger partial charge in [0.05, 0.1) is 15.9 Å². The fourth-order valence-corrected chi connectivity index (χ4v) is 3.48. The number of aliphatic imine (C=N–C) groups is 1. The summed E-state index contributed by atoms with van der Waals surface area (Å²) in [5, 5.41) is 0. The number of benzene rings is 3. The van der Waals surface area contributed by atoms with Gasteiger partial charge in [0.2, 0.25) is 0 Å². The van der Waals surface area contributed by atoms with Crippen LogP contribution in [0.5, 0.6) is 11.5 Å². The summed E-state index contributed by atoms with van der Waals surface area (Å²) in [7, 11) is 0. The molecular weight excluding hydrogens is 468 g/mol. The van der Waals surface area contributed by atoms with E-state index in [4.69, 9.17) is 9.47 Å². The summed E-state index contributed by atoms with van der Waals surface area (Å²) in [6.45, 7) is 4.75. The van der Waals surface area contributed by atoms with Crippen molar-refractivity contribution in [2.75, 3.05) is 6.61 Å². The van der Waals surface area contributed by atoms with Crippen LogP contribution in [-0.4, -0.2) is 12.8 Å². The normalized spacial score (nSPS) is 11.0. The number of rotatable bonds is 7. The Morgan fingerprint density at radius 1 is 1.04 bits per heavy atom. The third kappa shape index (κ3) is 5.32. The lowest BCUT2D eigenvalue weighted by atomic mass is 10.2. The van der Waals surface area contributed by atoms with Crippen molar-refractivity contribution in [3.63, 3.8) is 0 Å². The first kappa shape index (κ1) is 20.3. The Morgan fingerprint density at radius 2 is 1.86 bits per heavy atom. The number of aryl methyl sites for hydroxylation is 1. The largest absolute Gasteiger partial charge is 0.490 e. The lowest BCUT2D eigenvalue weighted by Gasteiger charge is -2.15. The summed E-state index contributed by atoms with van der Waals surface area (Å²) in [6.07, 6.45) is 1.82. The SMILES string of the molecule is CCOc1cc(C=Nc2ccccc2C)cc(I)c1OCc1cccc(F)c1. The van der Waals surface area contributed by atoms with Crippen molar-refractivity contribution in [2.45, 2.75) is 20.5 Å². The summed E-state index contributed by atoms with van der Waals surface area (Å²) in [5.41, 5.74) is 3.74. The molecule has 0 amide bonds. The molecule has 0 bridgehead atoms. The third-order valence-electron chi connectivity index (χ3n) is 4.07. The van der Waals surface area contributed by atoms with Gasteiger partial charge in [0, 0.05) is 6.21 Å². The van der Waals surface area contributed by atoms with Gasteiger partial charge in [-0.25, -0.2) is 4.39 Å². The van der Waals surface area contributed by atoms with Gasteiger partial charge >= 0.3 is 0 Å². The molecule has 3 nitrogen and oxygen atoms in total. The van der Waals surface area contributed by atoms with E-state index in [1.165, 1.54) is 12.1 Å². The Bertz CT molecular complexity index is 988. The molecule has 0 radical (unpaired) electrons. The Morgan fingerprint density at radius 3 is 2.61 bits per heavy atom. The van der Waals surface area contributed by atoms with Crippen LogP contribution in [0.2, 0.25) is 0 Å². The Labute approximate surface area is 178 Å². The van der Waals surface area contributed by atoms with Crippen molar-refractivity contribution in [2.24, 2.45) is 4.99 Å². The highest BCUT2D eigenvalue weighted by atomic mass is 127. The smallest absolute Gasteiger partial charge is 0.175 e. The molecule has 0 unspecified atom stereocenters. The Kier molecular flexibility index (Phi) is 7.03. The van der Waals surface area contributed by atoms with E-state index in [1.807, 2.05) is 62.5 Å². The molecule has 0 N–H and O–H groups in total. The van der Waals surface area contributed by atoms with Crippen molar-refractivity contribution in [1.29, 1.82) is 0 Å². The fourth-order valence-electron chi connectivity index (χ4n) is 2.70. The minimum absolute atomic E-state index is 0.268. The highest BCUT2D eigenvalue weighted by Gasteiger charge is 2.12. The van der Waals surface area contributed by atoms with E-state index in [2.05, 4.69) is 27.6 Å². The zero-order chi connectivity index (χ0) is 19.9. The molecule has 0 spiro atoms. The number of hydrogen-bond acceptors (Lipinski definition) is 3. The van der Waals surface area contributed by atoms with Crippen molar-refractivity contribution >= 4 is 34.5 Å². The minimum Gasteiger partial charge on any atom is -0.490 e. The second-order valence-electron chi connectivity index (χ2n) is 6.23. The van der Waals surface area contributed by atoms with Crippen LogP contribution in [0.3, 0.4) is 0 Å². The van der Waals surface area contributed by atoms with Crippen LogP contribution in [0, 0.1) is 16.3 Å². The van der Waals surface area contributed by atoms with Crippen LogP contribution >= 0.6 is 22.6 Å². The highest BCUT2D eigenvalue weighted by Crippen LogP contribution is 2.34. The number of hydrogen-bond donors (Lipinski definition) is 0. The molecule has 3 rings (SSSR count). The van der Waals surface area contributed by atoms with Gasteiger partial charge < -0.3 is 9.47 Å². The molecule has 0 saturated heterocycles.